The molecule has 0 saturated heterocycles. The number of anilines is 1. The highest BCUT2D eigenvalue weighted by molar-refractivity contribution is 7.90. The lowest BCUT2D eigenvalue weighted by molar-refractivity contribution is -0.117. The summed E-state index contributed by atoms with van der Waals surface area (Å²) in [4.78, 5) is 23.3. The van der Waals surface area contributed by atoms with Gasteiger partial charge in [0.2, 0.25) is 5.91 Å². The van der Waals surface area contributed by atoms with E-state index >= 15 is 0 Å². The van der Waals surface area contributed by atoms with Crippen LogP contribution in [0.25, 0.3) is 0 Å². The van der Waals surface area contributed by atoms with Crippen molar-refractivity contribution in [2.45, 2.75) is 12.5 Å². The Balaban J connectivity index is 2.68. The van der Waals surface area contributed by atoms with Gasteiger partial charge in [0.05, 0.1) is 11.8 Å². The average molecular weight is 313 g/mol. The molecule has 4 N–H and O–H groups in total. The standard InChI is InChI=1S/C13H19N3O4S/c1-15-12(17)9-4-3-5-10(8-9)16-13(18)11(14)6-7-21(2,19)20/h3-5,8,11H,6-7,14H2,1-2H3,(H,15,17)(H,16,18). The first-order valence-corrected chi connectivity index (χ1v) is 8.35. The summed E-state index contributed by atoms with van der Waals surface area (Å²) < 4.78 is 22.1. The molecule has 0 aliphatic heterocycles. The summed E-state index contributed by atoms with van der Waals surface area (Å²) in [5.74, 6) is -0.917. The highest BCUT2D eigenvalue weighted by Gasteiger charge is 2.16. The Bertz CT molecular complexity index is 628. The lowest BCUT2D eigenvalue weighted by Crippen LogP contribution is -2.37. The monoisotopic (exact) mass is 313 g/mol. The minimum Gasteiger partial charge on any atom is -0.355 e. The second-order valence-corrected chi connectivity index (χ2v) is 6.93. The first kappa shape index (κ1) is 17.1. The molecule has 0 aromatic heterocycles. The summed E-state index contributed by atoms with van der Waals surface area (Å²) in [7, 11) is -1.65. The zero-order valence-electron chi connectivity index (χ0n) is 11.9. The van der Waals surface area contributed by atoms with E-state index in [0.717, 1.165) is 6.26 Å². The fourth-order valence-corrected chi connectivity index (χ4v) is 2.27. The lowest BCUT2D eigenvalue weighted by atomic mass is 10.1. The number of amides is 2. The van der Waals surface area contributed by atoms with Crippen molar-refractivity contribution in [1.29, 1.82) is 0 Å². The Hall–Kier alpha value is -1.93. The second kappa shape index (κ2) is 7.19. The van der Waals surface area contributed by atoms with Gasteiger partial charge in [0.1, 0.15) is 9.84 Å². The van der Waals surface area contributed by atoms with Crippen molar-refractivity contribution in [3.63, 3.8) is 0 Å². The van der Waals surface area contributed by atoms with Crippen molar-refractivity contribution in [2.75, 3.05) is 24.4 Å². The maximum atomic E-state index is 11.8. The van der Waals surface area contributed by atoms with Crippen molar-refractivity contribution in [1.82, 2.24) is 5.32 Å². The Kier molecular flexibility index (Phi) is 5.86. The normalized spacial score (nSPS) is 12.5. The molecule has 0 aliphatic carbocycles. The molecule has 7 nitrogen and oxygen atoms in total. The van der Waals surface area contributed by atoms with Crippen LogP contribution in [0.1, 0.15) is 16.8 Å². The van der Waals surface area contributed by atoms with Gasteiger partial charge < -0.3 is 16.4 Å². The van der Waals surface area contributed by atoms with E-state index in [1.54, 1.807) is 18.2 Å². The van der Waals surface area contributed by atoms with Gasteiger partial charge in [-0.1, -0.05) is 6.07 Å². The van der Waals surface area contributed by atoms with E-state index < -0.39 is 21.8 Å². The molecule has 0 fully saturated rings. The van der Waals surface area contributed by atoms with Gasteiger partial charge in [-0.25, -0.2) is 8.42 Å². The first-order chi connectivity index (χ1) is 9.73. The van der Waals surface area contributed by atoms with Crippen LogP contribution in [-0.4, -0.2) is 45.3 Å². The van der Waals surface area contributed by atoms with Crippen LogP contribution < -0.4 is 16.4 Å². The van der Waals surface area contributed by atoms with Crippen molar-refractivity contribution in [3.05, 3.63) is 29.8 Å². The molecule has 1 rings (SSSR count). The van der Waals surface area contributed by atoms with E-state index in [4.69, 9.17) is 5.73 Å². The van der Waals surface area contributed by atoms with Crippen LogP contribution in [0.2, 0.25) is 0 Å². The molecule has 0 spiro atoms. The minimum atomic E-state index is -3.16. The van der Waals surface area contributed by atoms with Gasteiger partial charge in [0.25, 0.3) is 5.91 Å². The predicted octanol–water partition coefficient (Wildman–Crippen LogP) is -0.253. The van der Waals surface area contributed by atoms with Gasteiger partial charge in [0, 0.05) is 24.6 Å². The van der Waals surface area contributed by atoms with E-state index in [-0.39, 0.29) is 18.1 Å². The molecular weight excluding hydrogens is 294 g/mol. The quantitative estimate of drug-likeness (QED) is 0.669. The highest BCUT2D eigenvalue weighted by Crippen LogP contribution is 2.11. The first-order valence-electron chi connectivity index (χ1n) is 6.29. The maximum absolute atomic E-state index is 11.8. The Morgan fingerprint density at radius 2 is 2.00 bits per heavy atom. The number of rotatable bonds is 6. The molecule has 1 atom stereocenters. The number of hydrogen-bond donors (Lipinski definition) is 3. The number of nitrogens with one attached hydrogen (secondary N) is 2. The lowest BCUT2D eigenvalue weighted by Gasteiger charge is -2.12. The van der Waals surface area contributed by atoms with Crippen LogP contribution in [0.15, 0.2) is 24.3 Å². The van der Waals surface area contributed by atoms with Gasteiger partial charge >= 0.3 is 0 Å². The number of carbonyl (C=O) groups excluding carboxylic acids is 2. The summed E-state index contributed by atoms with van der Waals surface area (Å²) in [5, 5.41) is 5.04. The fraction of sp³-hybridized carbons (Fsp3) is 0.385. The molecule has 8 heteroatoms. The summed E-state index contributed by atoms with van der Waals surface area (Å²) in [6.07, 6.45) is 1.13. The van der Waals surface area contributed by atoms with Crippen molar-refractivity contribution in [2.24, 2.45) is 5.73 Å². The molecule has 0 saturated carbocycles. The number of sulfone groups is 1. The summed E-state index contributed by atoms with van der Waals surface area (Å²) in [6, 6.07) is 5.44. The third-order valence-electron chi connectivity index (χ3n) is 2.76. The molecule has 1 aromatic carbocycles. The predicted molar refractivity (Wildman–Crippen MR) is 80.8 cm³/mol. The third-order valence-corrected chi connectivity index (χ3v) is 3.73. The SMILES string of the molecule is CNC(=O)c1cccc(NC(=O)C(N)CCS(C)(=O)=O)c1. The van der Waals surface area contributed by atoms with Crippen LogP contribution in [-0.2, 0) is 14.6 Å². The fourth-order valence-electron chi connectivity index (χ4n) is 1.59. The van der Waals surface area contributed by atoms with E-state index in [9.17, 15) is 18.0 Å². The molecule has 0 aliphatic rings. The summed E-state index contributed by atoms with van der Waals surface area (Å²) >= 11 is 0. The molecular formula is C13H19N3O4S. The van der Waals surface area contributed by atoms with Gasteiger partial charge in [0.15, 0.2) is 0 Å². The largest absolute Gasteiger partial charge is 0.355 e. The van der Waals surface area contributed by atoms with Crippen LogP contribution >= 0.6 is 0 Å². The van der Waals surface area contributed by atoms with Crippen molar-refractivity contribution < 1.29 is 18.0 Å². The number of benzene rings is 1. The number of nitrogens with two attached hydrogens (primary N) is 1. The van der Waals surface area contributed by atoms with Crippen LogP contribution in [0, 0.1) is 0 Å². The summed E-state index contributed by atoms with van der Waals surface area (Å²) in [6.45, 7) is 0. The number of hydrogen-bond acceptors (Lipinski definition) is 5. The third kappa shape index (κ3) is 5.92. The molecule has 1 aromatic rings. The second-order valence-electron chi connectivity index (χ2n) is 4.67. The zero-order valence-corrected chi connectivity index (χ0v) is 12.7. The van der Waals surface area contributed by atoms with E-state index in [2.05, 4.69) is 10.6 Å². The maximum Gasteiger partial charge on any atom is 0.251 e. The van der Waals surface area contributed by atoms with Crippen LogP contribution in [0.3, 0.4) is 0 Å². The average Bonchev–Trinajstić information content (AvgIpc) is 2.43. The smallest absolute Gasteiger partial charge is 0.251 e. The van der Waals surface area contributed by atoms with Gasteiger partial charge in [-0.05, 0) is 24.6 Å². The highest BCUT2D eigenvalue weighted by atomic mass is 32.2. The molecule has 21 heavy (non-hydrogen) atoms. The Morgan fingerprint density at radius 3 is 2.57 bits per heavy atom. The topological polar surface area (TPSA) is 118 Å². The Morgan fingerprint density at radius 1 is 1.33 bits per heavy atom. The number of carbonyl (C=O) groups is 2. The van der Waals surface area contributed by atoms with E-state index in [0.29, 0.717) is 11.3 Å². The van der Waals surface area contributed by atoms with Crippen LogP contribution in [0.4, 0.5) is 5.69 Å². The van der Waals surface area contributed by atoms with Crippen molar-refractivity contribution >= 4 is 27.3 Å². The molecule has 0 heterocycles. The molecule has 2 amide bonds. The zero-order chi connectivity index (χ0) is 16.0. The van der Waals surface area contributed by atoms with Crippen molar-refractivity contribution in [3.8, 4) is 0 Å². The Labute approximate surface area is 123 Å². The van der Waals surface area contributed by atoms with Crippen LogP contribution in [0.5, 0.6) is 0 Å². The van der Waals surface area contributed by atoms with Gasteiger partial charge in [-0.15, -0.1) is 0 Å². The van der Waals surface area contributed by atoms with E-state index in [1.807, 2.05) is 0 Å². The molecule has 0 bridgehead atoms. The van der Waals surface area contributed by atoms with Gasteiger partial charge in [-0.2, -0.15) is 0 Å². The molecule has 116 valence electrons. The molecule has 0 radical (unpaired) electrons. The minimum absolute atomic E-state index is 0.0415. The molecule has 1 unspecified atom stereocenters. The van der Waals surface area contributed by atoms with E-state index in [1.165, 1.54) is 13.1 Å². The van der Waals surface area contributed by atoms with Gasteiger partial charge in [-0.3, -0.25) is 9.59 Å². The summed E-state index contributed by atoms with van der Waals surface area (Å²) in [5.41, 5.74) is 6.47.